The third-order valence-corrected chi connectivity index (χ3v) is 5.07. The average molecular weight is 444 g/mol. The number of hydrazine groups is 1. The van der Waals surface area contributed by atoms with Gasteiger partial charge in [-0.15, -0.1) is 0 Å². The number of nitrogens with one attached hydrogen (secondary N) is 2. The minimum Gasteiger partial charge on any atom is -0.481 e. The minimum absolute atomic E-state index is 0.0791. The number of fused-ring (bicyclic) bond motifs is 1. The van der Waals surface area contributed by atoms with E-state index < -0.39 is 12.0 Å². The van der Waals surface area contributed by atoms with Crippen molar-refractivity contribution in [2.24, 2.45) is 0 Å². The second-order valence-electron chi connectivity index (χ2n) is 7.68. The molecule has 1 heterocycles. The number of hydrogen-bond donors (Lipinski definition) is 2. The molecular formula is C25H24N4O4. The second-order valence-corrected chi connectivity index (χ2v) is 7.68. The predicted molar refractivity (Wildman–Crippen MR) is 123 cm³/mol. The first kappa shape index (κ1) is 22.0. The van der Waals surface area contributed by atoms with Crippen molar-refractivity contribution < 1.29 is 18.8 Å². The summed E-state index contributed by atoms with van der Waals surface area (Å²) in [5.41, 5.74) is 6.75. The fourth-order valence-electron chi connectivity index (χ4n) is 3.19. The van der Waals surface area contributed by atoms with Crippen LogP contribution in [0, 0.1) is 6.92 Å². The molecule has 4 rings (SSSR count). The molecule has 0 aliphatic carbocycles. The molecule has 8 nitrogen and oxygen atoms in total. The lowest BCUT2D eigenvalue weighted by molar-refractivity contribution is -0.132. The molecule has 0 aliphatic rings. The van der Waals surface area contributed by atoms with Crippen LogP contribution in [0.1, 0.15) is 24.8 Å². The maximum Gasteiger partial charge on any atom is 0.279 e. The Morgan fingerprint density at radius 3 is 2.55 bits per heavy atom. The van der Waals surface area contributed by atoms with Gasteiger partial charge in [0.15, 0.2) is 6.10 Å². The van der Waals surface area contributed by atoms with E-state index in [9.17, 15) is 9.59 Å². The first-order valence-corrected chi connectivity index (χ1v) is 10.6. The molecule has 1 unspecified atom stereocenters. The highest BCUT2D eigenvalue weighted by molar-refractivity contribution is 5.85. The molecular weight excluding hydrogens is 420 g/mol. The first-order valence-electron chi connectivity index (χ1n) is 10.6. The number of ether oxygens (including phenoxy) is 1. The Hall–Kier alpha value is -4.20. The van der Waals surface area contributed by atoms with Gasteiger partial charge in [0.1, 0.15) is 5.75 Å². The molecule has 4 aromatic rings. The number of carbonyl (C=O) groups is 2. The Labute approximate surface area is 190 Å². The van der Waals surface area contributed by atoms with E-state index in [1.54, 1.807) is 13.0 Å². The highest BCUT2D eigenvalue weighted by Gasteiger charge is 2.16. The smallest absolute Gasteiger partial charge is 0.279 e. The summed E-state index contributed by atoms with van der Waals surface area (Å²) in [5.74, 6) is 0.550. The molecule has 0 saturated heterocycles. The van der Waals surface area contributed by atoms with Crippen LogP contribution in [0.3, 0.4) is 0 Å². The molecule has 1 aromatic heterocycles. The summed E-state index contributed by atoms with van der Waals surface area (Å²) in [6.07, 6.45) is -0.459. The van der Waals surface area contributed by atoms with Crippen molar-refractivity contribution in [2.75, 3.05) is 0 Å². The normalized spacial score (nSPS) is 11.7. The highest BCUT2D eigenvalue weighted by Crippen LogP contribution is 2.21. The van der Waals surface area contributed by atoms with Crippen LogP contribution in [0.25, 0.3) is 22.2 Å². The molecule has 0 spiro atoms. The van der Waals surface area contributed by atoms with Gasteiger partial charge in [-0.25, -0.2) is 0 Å². The lowest BCUT2D eigenvalue weighted by Crippen LogP contribution is -2.47. The zero-order valence-corrected chi connectivity index (χ0v) is 18.4. The molecule has 0 radical (unpaired) electrons. The number of carbonyl (C=O) groups excluding carboxylic acids is 2. The van der Waals surface area contributed by atoms with Crippen molar-refractivity contribution in [3.63, 3.8) is 0 Å². The van der Waals surface area contributed by atoms with E-state index in [2.05, 4.69) is 21.0 Å². The summed E-state index contributed by atoms with van der Waals surface area (Å²) in [6, 6.07) is 21.2. The molecule has 168 valence electrons. The van der Waals surface area contributed by atoms with Gasteiger partial charge in [0, 0.05) is 18.4 Å². The van der Waals surface area contributed by atoms with Crippen molar-refractivity contribution in [1.82, 2.24) is 21.0 Å². The molecule has 0 aliphatic heterocycles. The molecule has 2 N–H and O–H groups in total. The van der Waals surface area contributed by atoms with Crippen LogP contribution in [0.15, 0.2) is 71.3 Å². The van der Waals surface area contributed by atoms with E-state index in [1.165, 1.54) is 0 Å². The van der Waals surface area contributed by atoms with Crippen molar-refractivity contribution >= 4 is 22.6 Å². The standard InChI is InChI=1S/C25H24N4O4/c1-16-7-9-19(10-8-16)24-26-23(33-29-24)14-13-22(30)27-28-25(31)17(2)32-21-12-11-18-5-3-4-6-20(18)15-21/h3-12,15,17H,13-14H2,1-2H3,(H,27,30)(H,28,31). The topological polar surface area (TPSA) is 106 Å². The molecule has 0 saturated carbocycles. The molecule has 2 amide bonds. The molecule has 3 aromatic carbocycles. The summed E-state index contributed by atoms with van der Waals surface area (Å²) in [4.78, 5) is 28.7. The summed E-state index contributed by atoms with van der Waals surface area (Å²) < 4.78 is 10.9. The minimum atomic E-state index is -0.792. The van der Waals surface area contributed by atoms with Gasteiger partial charge in [0.25, 0.3) is 5.91 Å². The zero-order chi connectivity index (χ0) is 23.2. The summed E-state index contributed by atoms with van der Waals surface area (Å²) >= 11 is 0. The van der Waals surface area contributed by atoms with E-state index >= 15 is 0 Å². The molecule has 1 atom stereocenters. The largest absolute Gasteiger partial charge is 0.481 e. The maximum atomic E-state index is 12.3. The summed E-state index contributed by atoms with van der Waals surface area (Å²) in [7, 11) is 0. The van der Waals surface area contributed by atoms with Gasteiger partial charge >= 0.3 is 0 Å². The lowest BCUT2D eigenvalue weighted by Gasteiger charge is -2.15. The fraction of sp³-hybridized carbons (Fsp3) is 0.200. The number of aromatic nitrogens is 2. The zero-order valence-electron chi connectivity index (χ0n) is 18.4. The van der Waals surface area contributed by atoms with Crippen molar-refractivity contribution in [3.8, 4) is 17.1 Å². The number of nitrogens with zero attached hydrogens (tertiary/aromatic N) is 2. The Morgan fingerprint density at radius 2 is 1.76 bits per heavy atom. The highest BCUT2D eigenvalue weighted by atomic mass is 16.5. The number of hydrogen-bond acceptors (Lipinski definition) is 6. The molecule has 0 fully saturated rings. The summed E-state index contributed by atoms with van der Waals surface area (Å²) in [6.45, 7) is 3.61. The molecule has 8 heteroatoms. The Bertz CT molecular complexity index is 1270. The van der Waals surface area contributed by atoms with E-state index in [4.69, 9.17) is 9.26 Å². The van der Waals surface area contributed by atoms with Crippen molar-refractivity contribution in [1.29, 1.82) is 0 Å². The monoisotopic (exact) mass is 444 g/mol. The second kappa shape index (κ2) is 9.95. The van der Waals surface area contributed by atoms with Gasteiger partial charge in [-0.3, -0.25) is 20.4 Å². The number of amides is 2. The van der Waals surface area contributed by atoms with Gasteiger partial charge in [0.05, 0.1) is 0 Å². The van der Waals surface area contributed by atoms with Crippen LogP contribution < -0.4 is 15.6 Å². The lowest BCUT2D eigenvalue weighted by atomic mass is 10.1. The average Bonchev–Trinajstić information content (AvgIpc) is 3.30. The van der Waals surface area contributed by atoms with Crippen LogP contribution in [0.2, 0.25) is 0 Å². The number of benzene rings is 3. The quantitative estimate of drug-likeness (QED) is 0.421. The van der Waals surface area contributed by atoms with Crippen molar-refractivity contribution in [3.05, 3.63) is 78.2 Å². The Kier molecular flexibility index (Phi) is 6.64. The molecule has 0 bridgehead atoms. The number of aryl methyl sites for hydroxylation is 2. The SMILES string of the molecule is Cc1ccc(-c2noc(CCC(=O)NNC(=O)C(C)Oc3ccc4ccccc4c3)n2)cc1. The van der Waals surface area contributed by atoms with Gasteiger partial charge in [-0.1, -0.05) is 65.3 Å². The third kappa shape index (κ3) is 5.74. The van der Waals surface area contributed by atoms with Crippen molar-refractivity contribution in [2.45, 2.75) is 32.8 Å². The Balaban J connectivity index is 1.22. The van der Waals surface area contributed by atoms with Crippen LogP contribution in [0.5, 0.6) is 5.75 Å². The summed E-state index contributed by atoms with van der Waals surface area (Å²) in [5, 5.41) is 6.05. The first-order chi connectivity index (χ1) is 16.0. The number of rotatable bonds is 7. The van der Waals surface area contributed by atoms with Crippen LogP contribution in [0.4, 0.5) is 0 Å². The van der Waals surface area contributed by atoms with E-state index in [-0.39, 0.29) is 18.7 Å². The van der Waals surface area contributed by atoms with E-state index in [0.29, 0.717) is 17.5 Å². The maximum absolute atomic E-state index is 12.3. The van der Waals surface area contributed by atoms with Crippen LogP contribution in [-0.2, 0) is 16.0 Å². The van der Waals surface area contributed by atoms with Gasteiger partial charge in [-0.05, 0) is 36.8 Å². The van der Waals surface area contributed by atoms with Crippen LogP contribution >= 0.6 is 0 Å². The van der Waals surface area contributed by atoms with E-state index in [0.717, 1.165) is 21.9 Å². The van der Waals surface area contributed by atoms with Gasteiger partial charge < -0.3 is 9.26 Å². The van der Waals surface area contributed by atoms with Crippen LogP contribution in [-0.4, -0.2) is 28.1 Å². The predicted octanol–water partition coefficient (Wildman–Crippen LogP) is 3.75. The van der Waals surface area contributed by atoms with E-state index in [1.807, 2.05) is 67.6 Å². The molecule has 33 heavy (non-hydrogen) atoms. The van der Waals surface area contributed by atoms with Gasteiger partial charge in [-0.2, -0.15) is 4.98 Å². The van der Waals surface area contributed by atoms with Gasteiger partial charge in [0.2, 0.25) is 17.6 Å². The third-order valence-electron chi connectivity index (χ3n) is 5.07. The fourth-order valence-corrected chi connectivity index (χ4v) is 3.19. The Morgan fingerprint density at radius 1 is 1.00 bits per heavy atom.